The van der Waals surface area contributed by atoms with Crippen molar-refractivity contribution in [2.45, 2.75) is 29.9 Å². The summed E-state index contributed by atoms with van der Waals surface area (Å²) in [5.74, 6) is -0.214. The van der Waals surface area contributed by atoms with E-state index < -0.39 is 0 Å². The summed E-state index contributed by atoms with van der Waals surface area (Å²) in [6.07, 6.45) is 0. The van der Waals surface area contributed by atoms with Crippen LogP contribution in [0.1, 0.15) is 25.5 Å². The predicted octanol–water partition coefficient (Wildman–Crippen LogP) is 2.17. The van der Waals surface area contributed by atoms with Crippen LogP contribution in [0.3, 0.4) is 0 Å². The number of aromatic nitrogens is 4. The first-order valence-electron chi connectivity index (χ1n) is 6.05. The highest BCUT2D eigenvalue weighted by Gasteiger charge is 2.17. The molecule has 1 atom stereocenters. The van der Waals surface area contributed by atoms with Gasteiger partial charge in [-0.2, -0.15) is 0 Å². The summed E-state index contributed by atoms with van der Waals surface area (Å²) < 4.78 is 15.6. The van der Waals surface area contributed by atoms with Crippen LogP contribution in [0, 0.1) is 5.82 Å². The van der Waals surface area contributed by atoms with Gasteiger partial charge in [-0.25, -0.2) is 9.07 Å². The molecule has 0 aliphatic heterocycles. The van der Waals surface area contributed by atoms with Gasteiger partial charge < -0.3 is 5.32 Å². The summed E-state index contributed by atoms with van der Waals surface area (Å²) in [5.41, 5.74) is 0.650. The number of hydrogen-bond donors (Lipinski definition) is 1. The first kappa shape index (κ1) is 14.0. The third-order valence-electron chi connectivity index (χ3n) is 2.74. The van der Waals surface area contributed by atoms with E-state index in [-0.39, 0.29) is 11.9 Å². The maximum Gasteiger partial charge on any atom is 0.213 e. The minimum atomic E-state index is -0.214. The molecule has 2 rings (SSSR count). The quantitative estimate of drug-likeness (QED) is 0.910. The van der Waals surface area contributed by atoms with Crippen molar-refractivity contribution in [1.29, 1.82) is 0 Å². The third-order valence-corrected chi connectivity index (χ3v) is 3.84. The van der Waals surface area contributed by atoms with Gasteiger partial charge in [0.25, 0.3) is 0 Å². The van der Waals surface area contributed by atoms with E-state index in [0.717, 1.165) is 11.4 Å². The van der Waals surface area contributed by atoms with E-state index in [1.54, 1.807) is 17.8 Å². The van der Waals surface area contributed by atoms with Crippen LogP contribution in [0.25, 0.3) is 0 Å². The van der Waals surface area contributed by atoms with Gasteiger partial charge in [-0.1, -0.05) is 13.0 Å². The van der Waals surface area contributed by atoms with Crippen LogP contribution >= 0.6 is 11.8 Å². The smallest absolute Gasteiger partial charge is 0.213 e. The number of nitrogens with one attached hydrogen (secondary N) is 1. The molecule has 0 radical (unpaired) electrons. The normalized spacial score (nSPS) is 12.6. The molecule has 0 fully saturated rings. The Kier molecular flexibility index (Phi) is 4.49. The first-order chi connectivity index (χ1) is 9.13. The summed E-state index contributed by atoms with van der Waals surface area (Å²) in [6.45, 7) is 4.72. The zero-order valence-corrected chi connectivity index (χ0v) is 11.9. The van der Waals surface area contributed by atoms with E-state index in [2.05, 4.69) is 20.8 Å². The third kappa shape index (κ3) is 3.10. The van der Waals surface area contributed by atoms with Crippen molar-refractivity contribution in [3.63, 3.8) is 0 Å². The fraction of sp³-hybridized carbons (Fsp3) is 0.417. The van der Waals surface area contributed by atoms with Crippen LogP contribution in [0.2, 0.25) is 0 Å². The molecule has 1 heterocycles. The average Bonchev–Trinajstić information content (AvgIpc) is 2.75. The minimum absolute atomic E-state index is 0.0603. The van der Waals surface area contributed by atoms with E-state index >= 15 is 0 Å². The summed E-state index contributed by atoms with van der Waals surface area (Å²) in [6, 6.07) is 4.99. The molecule has 0 bridgehead atoms. The second kappa shape index (κ2) is 6.12. The number of hydrogen-bond acceptors (Lipinski definition) is 5. The van der Waals surface area contributed by atoms with E-state index in [1.807, 2.05) is 19.9 Å². The molecule has 0 amide bonds. The zero-order chi connectivity index (χ0) is 13.8. The molecule has 1 N–H and O–H groups in total. The van der Waals surface area contributed by atoms with Crippen LogP contribution in [0.4, 0.5) is 4.39 Å². The molecule has 0 spiro atoms. The molecule has 102 valence electrons. The van der Waals surface area contributed by atoms with Crippen LogP contribution < -0.4 is 5.32 Å². The number of rotatable bonds is 5. The van der Waals surface area contributed by atoms with Gasteiger partial charge in [-0.3, -0.25) is 0 Å². The van der Waals surface area contributed by atoms with Gasteiger partial charge in [-0.15, -0.1) is 5.10 Å². The SMILES string of the molecule is CCNC(C)c1c(F)cccc1Sc1nnnn1C. The second-order valence-electron chi connectivity index (χ2n) is 4.12. The molecule has 1 aromatic carbocycles. The van der Waals surface area contributed by atoms with Crippen molar-refractivity contribution >= 4 is 11.8 Å². The fourth-order valence-electron chi connectivity index (χ4n) is 1.84. The average molecular weight is 281 g/mol. The number of aryl methyl sites for hydroxylation is 1. The number of halogens is 1. The largest absolute Gasteiger partial charge is 0.310 e. The van der Waals surface area contributed by atoms with Gasteiger partial charge in [0.05, 0.1) is 0 Å². The molecule has 0 saturated heterocycles. The van der Waals surface area contributed by atoms with Gasteiger partial charge in [0.1, 0.15) is 5.82 Å². The molecule has 0 saturated carbocycles. The molecule has 7 heteroatoms. The Hall–Kier alpha value is -1.47. The summed E-state index contributed by atoms with van der Waals surface area (Å²) in [5, 5.41) is 15.1. The van der Waals surface area contributed by atoms with Crippen LogP contribution in [-0.4, -0.2) is 26.8 Å². The standard InChI is InChI=1S/C12H16FN5S/c1-4-14-8(2)11-9(13)6-5-7-10(11)19-12-15-16-17-18(12)3/h5-8,14H,4H2,1-3H3. The highest BCUT2D eigenvalue weighted by molar-refractivity contribution is 7.99. The number of nitrogens with zero attached hydrogens (tertiary/aromatic N) is 4. The second-order valence-corrected chi connectivity index (χ2v) is 5.13. The van der Waals surface area contributed by atoms with E-state index in [4.69, 9.17) is 0 Å². The lowest BCUT2D eigenvalue weighted by Crippen LogP contribution is -2.19. The molecular weight excluding hydrogens is 265 g/mol. The van der Waals surface area contributed by atoms with Gasteiger partial charge in [0.2, 0.25) is 5.16 Å². The number of benzene rings is 1. The molecule has 2 aromatic rings. The van der Waals surface area contributed by atoms with Crippen molar-refractivity contribution in [3.8, 4) is 0 Å². The van der Waals surface area contributed by atoms with Gasteiger partial charge >= 0.3 is 0 Å². The summed E-state index contributed by atoms with van der Waals surface area (Å²) >= 11 is 1.36. The number of tetrazole rings is 1. The maximum atomic E-state index is 14.0. The van der Waals surface area contributed by atoms with Crippen molar-refractivity contribution in [1.82, 2.24) is 25.5 Å². The maximum absolute atomic E-state index is 14.0. The molecule has 5 nitrogen and oxygen atoms in total. The topological polar surface area (TPSA) is 55.6 Å². The zero-order valence-electron chi connectivity index (χ0n) is 11.1. The Labute approximate surface area is 115 Å². The lowest BCUT2D eigenvalue weighted by atomic mass is 10.1. The highest BCUT2D eigenvalue weighted by atomic mass is 32.2. The Balaban J connectivity index is 2.34. The Morgan fingerprint density at radius 2 is 2.26 bits per heavy atom. The first-order valence-corrected chi connectivity index (χ1v) is 6.87. The summed E-state index contributed by atoms with van der Waals surface area (Å²) in [4.78, 5) is 0.825. The van der Waals surface area contributed by atoms with Crippen molar-refractivity contribution in [2.24, 2.45) is 7.05 Å². The van der Waals surface area contributed by atoms with E-state index in [9.17, 15) is 4.39 Å². The lowest BCUT2D eigenvalue weighted by molar-refractivity contribution is 0.531. The minimum Gasteiger partial charge on any atom is -0.310 e. The Morgan fingerprint density at radius 1 is 1.47 bits per heavy atom. The van der Waals surface area contributed by atoms with Gasteiger partial charge in [0.15, 0.2) is 0 Å². The monoisotopic (exact) mass is 281 g/mol. The van der Waals surface area contributed by atoms with Crippen molar-refractivity contribution in [3.05, 3.63) is 29.6 Å². The van der Waals surface area contributed by atoms with Crippen LogP contribution in [0.5, 0.6) is 0 Å². The van der Waals surface area contributed by atoms with Crippen molar-refractivity contribution in [2.75, 3.05) is 6.54 Å². The molecule has 0 aliphatic carbocycles. The Bertz CT molecular complexity index is 557. The van der Waals surface area contributed by atoms with Gasteiger partial charge in [-0.05, 0) is 47.8 Å². The predicted molar refractivity (Wildman–Crippen MR) is 71.4 cm³/mol. The summed E-state index contributed by atoms with van der Waals surface area (Å²) in [7, 11) is 1.76. The molecule has 1 unspecified atom stereocenters. The van der Waals surface area contributed by atoms with Crippen molar-refractivity contribution < 1.29 is 4.39 Å². The van der Waals surface area contributed by atoms with Crippen LogP contribution in [0.15, 0.2) is 28.3 Å². The van der Waals surface area contributed by atoms with E-state index in [0.29, 0.717) is 10.7 Å². The lowest BCUT2D eigenvalue weighted by Gasteiger charge is -2.17. The molecule has 19 heavy (non-hydrogen) atoms. The van der Waals surface area contributed by atoms with Crippen LogP contribution in [-0.2, 0) is 7.05 Å². The molecular formula is C12H16FN5S. The molecule has 1 aromatic heterocycles. The highest BCUT2D eigenvalue weighted by Crippen LogP contribution is 2.33. The van der Waals surface area contributed by atoms with Gasteiger partial charge in [0, 0.05) is 23.5 Å². The fourth-order valence-corrected chi connectivity index (χ4v) is 2.81. The van der Waals surface area contributed by atoms with E-state index in [1.165, 1.54) is 17.8 Å². The molecule has 0 aliphatic rings. The Morgan fingerprint density at radius 3 is 2.89 bits per heavy atom.